The SMILES string of the molecule is O=C(c1cccc(=O)[nH]1)N1CC=C(c2ccccc2)CC1. The van der Waals surface area contributed by atoms with E-state index >= 15 is 0 Å². The maximum Gasteiger partial charge on any atom is 0.270 e. The number of hydrogen-bond donors (Lipinski definition) is 1. The Balaban J connectivity index is 1.75. The lowest BCUT2D eigenvalue weighted by molar-refractivity contribution is 0.0766. The molecule has 3 rings (SSSR count). The third-order valence-corrected chi connectivity index (χ3v) is 3.64. The molecule has 1 N–H and O–H groups in total. The predicted octanol–water partition coefficient (Wildman–Crippen LogP) is 2.30. The van der Waals surface area contributed by atoms with Crippen LogP contribution in [-0.2, 0) is 0 Å². The topological polar surface area (TPSA) is 53.2 Å². The molecule has 0 fully saturated rings. The van der Waals surface area contributed by atoms with E-state index in [4.69, 9.17) is 0 Å². The van der Waals surface area contributed by atoms with Crippen molar-refractivity contribution in [2.45, 2.75) is 6.42 Å². The summed E-state index contributed by atoms with van der Waals surface area (Å²) in [5.74, 6) is -0.129. The van der Waals surface area contributed by atoms with Gasteiger partial charge in [-0.3, -0.25) is 9.59 Å². The molecule has 1 aromatic carbocycles. The smallest absolute Gasteiger partial charge is 0.270 e. The molecule has 2 aromatic rings. The van der Waals surface area contributed by atoms with Crippen LogP contribution in [0, 0.1) is 0 Å². The fourth-order valence-electron chi connectivity index (χ4n) is 2.51. The highest BCUT2D eigenvalue weighted by Gasteiger charge is 2.19. The Hall–Kier alpha value is -2.62. The first-order valence-corrected chi connectivity index (χ1v) is 6.97. The first kappa shape index (κ1) is 13.4. The molecule has 0 aliphatic carbocycles. The Kier molecular flexibility index (Phi) is 3.69. The molecule has 4 heteroatoms. The van der Waals surface area contributed by atoms with Gasteiger partial charge in [0.1, 0.15) is 5.69 Å². The quantitative estimate of drug-likeness (QED) is 0.917. The number of rotatable bonds is 2. The van der Waals surface area contributed by atoms with Gasteiger partial charge in [0, 0.05) is 19.2 Å². The number of carbonyl (C=O) groups is 1. The summed E-state index contributed by atoms with van der Waals surface area (Å²) >= 11 is 0. The van der Waals surface area contributed by atoms with Crippen molar-refractivity contribution in [3.8, 4) is 0 Å². The third kappa shape index (κ3) is 2.94. The van der Waals surface area contributed by atoms with Crippen molar-refractivity contribution >= 4 is 11.5 Å². The Morgan fingerprint density at radius 1 is 1.05 bits per heavy atom. The number of aromatic nitrogens is 1. The van der Waals surface area contributed by atoms with Gasteiger partial charge < -0.3 is 9.88 Å². The van der Waals surface area contributed by atoms with Gasteiger partial charge in [-0.2, -0.15) is 0 Å². The molecule has 0 atom stereocenters. The van der Waals surface area contributed by atoms with Crippen LogP contribution in [0.4, 0.5) is 0 Å². The van der Waals surface area contributed by atoms with E-state index in [1.165, 1.54) is 17.2 Å². The zero-order valence-electron chi connectivity index (χ0n) is 11.6. The number of amides is 1. The van der Waals surface area contributed by atoms with Gasteiger partial charge in [-0.25, -0.2) is 0 Å². The second kappa shape index (κ2) is 5.79. The van der Waals surface area contributed by atoms with Gasteiger partial charge in [0.2, 0.25) is 5.56 Å². The van der Waals surface area contributed by atoms with Gasteiger partial charge in [-0.1, -0.05) is 42.5 Å². The van der Waals surface area contributed by atoms with E-state index in [0.717, 1.165) is 6.42 Å². The van der Waals surface area contributed by atoms with E-state index in [1.807, 2.05) is 18.2 Å². The molecule has 2 heterocycles. The molecule has 0 bridgehead atoms. The van der Waals surface area contributed by atoms with Crippen molar-refractivity contribution in [2.75, 3.05) is 13.1 Å². The fraction of sp³-hybridized carbons (Fsp3) is 0.176. The molecule has 106 valence electrons. The van der Waals surface area contributed by atoms with Gasteiger partial charge in [-0.15, -0.1) is 0 Å². The molecule has 0 radical (unpaired) electrons. The zero-order chi connectivity index (χ0) is 14.7. The van der Waals surface area contributed by atoms with Crippen LogP contribution >= 0.6 is 0 Å². The number of benzene rings is 1. The van der Waals surface area contributed by atoms with Crippen LogP contribution in [0.2, 0.25) is 0 Å². The van der Waals surface area contributed by atoms with Crippen LogP contribution in [0.3, 0.4) is 0 Å². The Morgan fingerprint density at radius 2 is 1.86 bits per heavy atom. The van der Waals surface area contributed by atoms with Crippen molar-refractivity contribution in [3.05, 3.63) is 76.2 Å². The van der Waals surface area contributed by atoms with E-state index in [9.17, 15) is 9.59 Å². The molecular formula is C17H16N2O2. The summed E-state index contributed by atoms with van der Waals surface area (Å²) in [6.07, 6.45) is 2.91. The Morgan fingerprint density at radius 3 is 2.52 bits per heavy atom. The lowest BCUT2D eigenvalue weighted by Crippen LogP contribution is -2.35. The molecule has 21 heavy (non-hydrogen) atoms. The normalized spacial score (nSPS) is 14.7. The van der Waals surface area contributed by atoms with Crippen LogP contribution in [0.25, 0.3) is 5.57 Å². The average Bonchev–Trinajstić information content (AvgIpc) is 2.55. The molecule has 0 saturated carbocycles. The first-order chi connectivity index (χ1) is 10.2. The van der Waals surface area contributed by atoms with Gasteiger partial charge in [0.25, 0.3) is 5.91 Å². The number of nitrogens with one attached hydrogen (secondary N) is 1. The highest BCUT2D eigenvalue weighted by Crippen LogP contribution is 2.22. The molecule has 1 amide bonds. The number of nitrogens with zero attached hydrogens (tertiary/aromatic N) is 1. The van der Waals surface area contributed by atoms with E-state index in [-0.39, 0.29) is 11.5 Å². The van der Waals surface area contributed by atoms with Gasteiger partial charge >= 0.3 is 0 Å². The summed E-state index contributed by atoms with van der Waals surface area (Å²) in [5.41, 5.74) is 2.57. The predicted molar refractivity (Wildman–Crippen MR) is 82.0 cm³/mol. The molecule has 0 spiro atoms. The van der Waals surface area contributed by atoms with Gasteiger partial charge in [0.05, 0.1) is 0 Å². The zero-order valence-corrected chi connectivity index (χ0v) is 11.6. The third-order valence-electron chi connectivity index (χ3n) is 3.64. The second-order valence-electron chi connectivity index (χ2n) is 5.03. The monoisotopic (exact) mass is 280 g/mol. The Labute approximate surface area is 122 Å². The van der Waals surface area contributed by atoms with E-state index in [2.05, 4.69) is 23.2 Å². The first-order valence-electron chi connectivity index (χ1n) is 6.97. The number of H-pyrrole nitrogens is 1. The standard InChI is InChI=1S/C17H16N2O2/c20-16-8-4-7-15(18-16)17(21)19-11-9-14(10-12-19)13-5-2-1-3-6-13/h1-9H,10-12H2,(H,18,20). The van der Waals surface area contributed by atoms with Gasteiger partial charge in [0.15, 0.2) is 0 Å². The summed E-state index contributed by atoms with van der Waals surface area (Å²) < 4.78 is 0. The van der Waals surface area contributed by atoms with Crippen molar-refractivity contribution in [2.24, 2.45) is 0 Å². The average molecular weight is 280 g/mol. The van der Waals surface area contributed by atoms with Crippen LogP contribution in [0.5, 0.6) is 0 Å². The van der Waals surface area contributed by atoms with E-state index < -0.39 is 0 Å². The van der Waals surface area contributed by atoms with Crippen molar-refractivity contribution < 1.29 is 4.79 Å². The van der Waals surface area contributed by atoms with E-state index in [0.29, 0.717) is 18.8 Å². The summed E-state index contributed by atoms with van der Waals surface area (Å²) in [5, 5.41) is 0. The summed E-state index contributed by atoms with van der Waals surface area (Å²) in [7, 11) is 0. The minimum Gasteiger partial charge on any atom is -0.333 e. The fourth-order valence-corrected chi connectivity index (χ4v) is 2.51. The molecule has 1 aromatic heterocycles. The summed E-state index contributed by atoms with van der Waals surface area (Å²) in [4.78, 5) is 27.9. The van der Waals surface area contributed by atoms with Crippen LogP contribution < -0.4 is 5.56 Å². The number of pyridine rings is 1. The molecule has 0 unspecified atom stereocenters. The van der Waals surface area contributed by atoms with Crippen LogP contribution in [-0.4, -0.2) is 28.9 Å². The number of carbonyl (C=O) groups excluding carboxylic acids is 1. The number of aromatic amines is 1. The molecule has 4 nitrogen and oxygen atoms in total. The lowest BCUT2D eigenvalue weighted by atomic mass is 9.99. The maximum atomic E-state index is 12.3. The minimum atomic E-state index is -0.252. The summed E-state index contributed by atoms with van der Waals surface area (Å²) in [6, 6.07) is 14.8. The summed E-state index contributed by atoms with van der Waals surface area (Å²) in [6.45, 7) is 1.23. The largest absolute Gasteiger partial charge is 0.333 e. The highest BCUT2D eigenvalue weighted by atomic mass is 16.2. The molecule has 0 saturated heterocycles. The lowest BCUT2D eigenvalue weighted by Gasteiger charge is -2.26. The van der Waals surface area contributed by atoms with Crippen LogP contribution in [0.1, 0.15) is 22.5 Å². The molecule has 1 aliphatic heterocycles. The van der Waals surface area contributed by atoms with Crippen LogP contribution in [0.15, 0.2) is 59.4 Å². The van der Waals surface area contributed by atoms with Crippen molar-refractivity contribution in [1.82, 2.24) is 9.88 Å². The van der Waals surface area contributed by atoms with E-state index in [1.54, 1.807) is 17.0 Å². The maximum absolute atomic E-state index is 12.3. The molecule has 1 aliphatic rings. The minimum absolute atomic E-state index is 0.129. The Bertz CT molecular complexity index is 732. The van der Waals surface area contributed by atoms with Gasteiger partial charge in [-0.05, 0) is 23.6 Å². The van der Waals surface area contributed by atoms with Crippen molar-refractivity contribution in [3.63, 3.8) is 0 Å². The highest BCUT2D eigenvalue weighted by molar-refractivity contribution is 5.92. The molecular weight excluding hydrogens is 264 g/mol. The number of hydrogen-bond acceptors (Lipinski definition) is 2. The second-order valence-corrected chi connectivity index (χ2v) is 5.03. The van der Waals surface area contributed by atoms with Crippen molar-refractivity contribution in [1.29, 1.82) is 0 Å².